The number of H-pyrrole nitrogens is 1. The van der Waals surface area contributed by atoms with Gasteiger partial charge in [-0.3, -0.25) is 0 Å². The Kier molecular flexibility index (Phi) is 5.54. The number of para-hydroxylation sites is 1. The standard InChI is InChI=1S/C10H9N.C2H6.CH4/c1-8-6-7-9-4-2-3-5-10(9)11-8;1-2;/h2-7H,1H3;1-2H3;1H4/p+1. The molecule has 0 saturated carbocycles. The van der Waals surface area contributed by atoms with E-state index in [2.05, 4.69) is 36.2 Å². The minimum absolute atomic E-state index is 0. The van der Waals surface area contributed by atoms with E-state index in [-0.39, 0.29) is 7.43 Å². The molecule has 76 valence electrons. The Morgan fingerprint density at radius 3 is 2.29 bits per heavy atom. The Labute approximate surface area is 86.8 Å². The topological polar surface area (TPSA) is 14.1 Å². The van der Waals surface area contributed by atoms with Gasteiger partial charge in [-0.1, -0.05) is 33.4 Å². The van der Waals surface area contributed by atoms with E-state index in [1.807, 2.05) is 26.0 Å². The van der Waals surface area contributed by atoms with Crippen molar-refractivity contribution in [3.05, 3.63) is 42.1 Å². The van der Waals surface area contributed by atoms with Gasteiger partial charge < -0.3 is 0 Å². The molecule has 0 aliphatic heterocycles. The third-order valence-corrected chi connectivity index (χ3v) is 1.81. The van der Waals surface area contributed by atoms with E-state index in [0.717, 1.165) is 0 Å². The van der Waals surface area contributed by atoms with E-state index in [9.17, 15) is 0 Å². The SMILES string of the molecule is C.CC.Cc1ccc2ccccc2[nH+]1. The van der Waals surface area contributed by atoms with Crippen LogP contribution in [0, 0.1) is 6.92 Å². The second-order valence-electron chi connectivity index (χ2n) is 2.73. The van der Waals surface area contributed by atoms with Crippen LogP contribution in [-0.2, 0) is 0 Å². The first-order valence-corrected chi connectivity index (χ1v) is 4.74. The molecular formula is C13H20N+. The molecule has 0 saturated heterocycles. The maximum atomic E-state index is 3.29. The van der Waals surface area contributed by atoms with Gasteiger partial charge in [0.2, 0.25) is 5.52 Å². The number of hydrogen-bond acceptors (Lipinski definition) is 0. The van der Waals surface area contributed by atoms with Gasteiger partial charge in [-0.15, -0.1) is 0 Å². The summed E-state index contributed by atoms with van der Waals surface area (Å²) < 4.78 is 0. The largest absolute Gasteiger partial charge is 0.210 e. The number of aromatic nitrogens is 1. The van der Waals surface area contributed by atoms with E-state index in [4.69, 9.17) is 0 Å². The molecule has 1 aromatic heterocycles. The Morgan fingerprint density at radius 2 is 1.57 bits per heavy atom. The van der Waals surface area contributed by atoms with Crippen LogP contribution in [0.15, 0.2) is 36.4 Å². The number of benzene rings is 1. The third kappa shape index (κ3) is 2.84. The summed E-state index contributed by atoms with van der Waals surface area (Å²) in [5, 5.41) is 1.26. The zero-order chi connectivity index (χ0) is 9.68. The van der Waals surface area contributed by atoms with E-state index in [0.29, 0.717) is 0 Å². The zero-order valence-corrected chi connectivity index (χ0v) is 8.46. The second kappa shape index (κ2) is 6.14. The van der Waals surface area contributed by atoms with Gasteiger partial charge in [-0.2, -0.15) is 0 Å². The summed E-state index contributed by atoms with van der Waals surface area (Å²) in [7, 11) is 0. The van der Waals surface area contributed by atoms with Crippen molar-refractivity contribution in [1.29, 1.82) is 0 Å². The van der Waals surface area contributed by atoms with Gasteiger partial charge in [-0.25, -0.2) is 4.98 Å². The van der Waals surface area contributed by atoms with Crippen LogP contribution in [0.5, 0.6) is 0 Å². The molecule has 0 fully saturated rings. The van der Waals surface area contributed by atoms with Crippen molar-refractivity contribution in [2.24, 2.45) is 0 Å². The number of nitrogens with one attached hydrogen (secondary N) is 1. The van der Waals surface area contributed by atoms with Gasteiger partial charge in [0.25, 0.3) is 0 Å². The van der Waals surface area contributed by atoms with Crippen molar-refractivity contribution in [2.45, 2.75) is 28.2 Å². The van der Waals surface area contributed by atoms with Crippen LogP contribution in [0.1, 0.15) is 27.0 Å². The molecular weight excluding hydrogens is 170 g/mol. The smallest absolute Gasteiger partial charge is 0.209 e. The lowest BCUT2D eigenvalue weighted by Gasteiger charge is -1.89. The molecule has 0 unspecified atom stereocenters. The van der Waals surface area contributed by atoms with Crippen LogP contribution in [0.2, 0.25) is 0 Å². The summed E-state index contributed by atoms with van der Waals surface area (Å²) in [6.07, 6.45) is 0. The summed E-state index contributed by atoms with van der Waals surface area (Å²) in [6.45, 7) is 6.06. The highest BCUT2D eigenvalue weighted by molar-refractivity contribution is 5.74. The molecule has 1 heterocycles. The van der Waals surface area contributed by atoms with Gasteiger partial charge in [0.05, 0.1) is 0 Å². The lowest BCUT2D eigenvalue weighted by molar-refractivity contribution is -0.354. The summed E-state index contributed by atoms with van der Waals surface area (Å²) in [4.78, 5) is 3.29. The summed E-state index contributed by atoms with van der Waals surface area (Å²) >= 11 is 0. The molecule has 0 spiro atoms. The number of hydrogen-bond donors (Lipinski definition) is 0. The van der Waals surface area contributed by atoms with Crippen molar-refractivity contribution >= 4 is 10.9 Å². The zero-order valence-electron chi connectivity index (χ0n) is 8.46. The molecule has 0 amide bonds. The second-order valence-corrected chi connectivity index (χ2v) is 2.73. The molecule has 0 aliphatic carbocycles. The van der Waals surface area contributed by atoms with E-state index >= 15 is 0 Å². The predicted molar refractivity (Wildman–Crippen MR) is 63.3 cm³/mol. The Bertz CT molecular complexity index is 380. The molecule has 0 radical (unpaired) electrons. The Hall–Kier alpha value is -1.37. The predicted octanol–water partition coefficient (Wildman–Crippen LogP) is 3.62. The summed E-state index contributed by atoms with van der Waals surface area (Å²) in [5.41, 5.74) is 2.40. The lowest BCUT2D eigenvalue weighted by atomic mass is 10.2. The highest BCUT2D eigenvalue weighted by Gasteiger charge is 1.97. The van der Waals surface area contributed by atoms with Crippen molar-refractivity contribution in [3.8, 4) is 0 Å². The maximum absolute atomic E-state index is 3.29. The maximum Gasteiger partial charge on any atom is 0.210 e. The Morgan fingerprint density at radius 1 is 0.929 bits per heavy atom. The molecule has 1 aromatic carbocycles. The van der Waals surface area contributed by atoms with Crippen LogP contribution in [0.4, 0.5) is 0 Å². The van der Waals surface area contributed by atoms with Crippen LogP contribution < -0.4 is 4.98 Å². The van der Waals surface area contributed by atoms with Crippen LogP contribution in [-0.4, -0.2) is 0 Å². The van der Waals surface area contributed by atoms with E-state index in [1.165, 1.54) is 16.6 Å². The first kappa shape index (κ1) is 12.6. The molecule has 2 aromatic rings. The fourth-order valence-corrected chi connectivity index (χ4v) is 1.23. The van der Waals surface area contributed by atoms with Gasteiger partial charge >= 0.3 is 0 Å². The summed E-state index contributed by atoms with van der Waals surface area (Å²) in [5.74, 6) is 0. The fraction of sp³-hybridized carbons (Fsp3) is 0.308. The quantitative estimate of drug-likeness (QED) is 0.602. The van der Waals surface area contributed by atoms with E-state index < -0.39 is 0 Å². The molecule has 0 aliphatic rings. The van der Waals surface area contributed by atoms with Crippen molar-refractivity contribution in [3.63, 3.8) is 0 Å². The van der Waals surface area contributed by atoms with Crippen molar-refractivity contribution in [2.75, 3.05) is 0 Å². The molecule has 1 heteroatoms. The molecule has 0 bridgehead atoms. The minimum atomic E-state index is 0. The Balaban J connectivity index is 0.000000531. The molecule has 1 N–H and O–H groups in total. The normalized spacial score (nSPS) is 8.50. The number of pyridine rings is 1. The number of aromatic amines is 1. The molecule has 0 atom stereocenters. The van der Waals surface area contributed by atoms with Crippen molar-refractivity contribution in [1.82, 2.24) is 0 Å². The fourth-order valence-electron chi connectivity index (χ4n) is 1.23. The van der Waals surface area contributed by atoms with Crippen LogP contribution in [0.3, 0.4) is 0 Å². The minimum Gasteiger partial charge on any atom is -0.209 e. The molecule has 1 nitrogen and oxygen atoms in total. The van der Waals surface area contributed by atoms with Gasteiger partial charge in [0, 0.05) is 24.4 Å². The third-order valence-electron chi connectivity index (χ3n) is 1.81. The number of rotatable bonds is 0. The van der Waals surface area contributed by atoms with Gasteiger partial charge in [-0.05, 0) is 12.1 Å². The van der Waals surface area contributed by atoms with Crippen LogP contribution in [0.25, 0.3) is 10.9 Å². The van der Waals surface area contributed by atoms with Crippen LogP contribution >= 0.6 is 0 Å². The molecule has 14 heavy (non-hydrogen) atoms. The average molecular weight is 190 g/mol. The van der Waals surface area contributed by atoms with E-state index in [1.54, 1.807) is 0 Å². The number of aryl methyl sites for hydroxylation is 1. The van der Waals surface area contributed by atoms with Gasteiger partial charge in [0.15, 0.2) is 5.69 Å². The highest BCUT2D eigenvalue weighted by Crippen LogP contribution is 2.06. The molecule has 2 rings (SSSR count). The lowest BCUT2D eigenvalue weighted by Crippen LogP contribution is -2.06. The summed E-state index contributed by atoms with van der Waals surface area (Å²) in [6, 6.07) is 12.5. The monoisotopic (exact) mass is 190 g/mol. The first-order chi connectivity index (χ1) is 6.36. The van der Waals surface area contributed by atoms with Gasteiger partial charge in [0.1, 0.15) is 0 Å². The average Bonchev–Trinajstić information content (AvgIpc) is 2.21. The number of fused-ring (bicyclic) bond motifs is 1. The first-order valence-electron chi connectivity index (χ1n) is 4.74. The highest BCUT2D eigenvalue weighted by atomic mass is 14.7. The van der Waals surface area contributed by atoms with Crippen molar-refractivity contribution < 1.29 is 4.98 Å².